The van der Waals surface area contributed by atoms with E-state index in [2.05, 4.69) is 64.6 Å². The van der Waals surface area contributed by atoms with Gasteiger partial charge >= 0.3 is 0 Å². The highest BCUT2D eigenvalue weighted by molar-refractivity contribution is 5.31. The maximum Gasteiger partial charge on any atom is 0.0945 e. The van der Waals surface area contributed by atoms with E-state index in [1.165, 1.54) is 36.5 Å². The number of nitrogens with zero attached hydrogens (tertiary/aromatic N) is 4. The molecule has 0 saturated carbocycles. The van der Waals surface area contributed by atoms with Crippen molar-refractivity contribution >= 4 is 0 Å². The first-order valence-electron chi connectivity index (χ1n) is 8.57. The Bertz CT molecular complexity index is 692. The Morgan fingerprint density at radius 1 is 1.13 bits per heavy atom. The van der Waals surface area contributed by atoms with Crippen LogP contribution in [0.2, 0.25) is 0 Å². The summed E-state index contributed by atoms with van der Waals surface area (Å²) in [6, 6.07) is 9.47. The monoisotopic (exact) mass is 310 g/mol. The first kappa shape index (κ1) is 14.9. The maximum absolute atomic E-state index is 4.25. The minimum Gasteiger partial charge on any atom is -0.337 e. The number of benzene rings is 1. The predicted octanol–water partition coefficient (Wildman–Crippen LogP) is 2.46. The lowest BCUT2D eigenvalue weighted by atomic mass is 9.88. The van der Waals surface area contributed by atoms with E-state index >= 15 is 0 Å². The van der Waals surface area contributed by atoms with Crippen LogP contribution in [-0.2, 0) is 13.6 Å². The Balaban J connectivity index is 1.53. The number of fused-ring (bicyclic) bond motifs is 1. The first-order valence-corrected chi connectivity index (χ1v) is 8.57. The highest BCUT2D eigenvalue weighted by Gasteiger charge is 2.46. The molecule has 0 bridgehead atoms. The van der Waals surface area contributed by atoms with Crippen LogP contribution in [0.25, 0.3) is 0 Å². The van der Waals surface area contributed by atoms with Gasteiger partial charge < -0.3 is 4.57 Å². The van der Waals surface area contributed by atoms with Gasteiger partial charge in [0, 0.05) is 45.5 Å². The van der Waals surface area contributed by atoms with E-state index in [4.69, 9.17) is 0 Å². The van der Waals surface area contributed by atoms with Gasteiger partial charge in [-0.05, 0) is 36.9 Å². The van der Waals surface area contributed by atoms with Crippen LogP contribution in [0.15, 0.2) is 36.8 Å². The zero-order valence-electron chi connectivity index (χ0n) is 14.3. The van der Waals surface area contributed by atoms with Crippen molar-refractivity contribution in [1.29, 1.82) is 0 Å². The highest BCUT2D eigenvalue weighted by atomic mass is 15.3. The molecule has 0 amide bonds. The third kappa shape index (κ3) is 2.60. The molecule has 2 aliphatic rings. The van der Waals surface area contributed by atoms with Gasteiger partial charge in [-0.2, -0.15) is 0 Å². The van der Waals surface area contributed by atoms with E-state index in [-0.39, 0.29) is 0 Å². The molecule has 2 saturated heterocycles. The quantitative estimate of drug-likeness (QED) is 0.870. The summed E-state index contributed by atoms with van der Waals surface area (Å²) in [5, 5.41) is 0. The van der Waals surface area contributed by atoms with Crippen LogP contribution in [0.3, 0.4) is 0 Å². The second kappa shape index (κ2) is 5.77. The average Bonchev–Trinajstić information content (AvgIpc) is 3.16. The zero-order chi connectivity index (χ0) is 16.0. The molecule has 4 nitrogen and oxygen atoms in total. The van der Waals surface area contributed by atoms with Crippen molar-refractivity contribution in [3.8, 4) is 0 Å². The highest BCUT2D eigenvalue weighted by Crippen LogP contribution is 2.45. The summed E-state index contributed by atoms with van der Waals surface area (Å²) >= 11 is 0. The van der Waals surface area contributed by atoms with E-state index in [9.17, 15) is 0 Å². The molecule has 2 aliphatic heterocycles. The molecule has 2 aromatic rings. The molecular formula is C19H26N4. The summed E-state index contributed by atoms with van der Waals surface area (Å²) in [4.78, 5) is 9.43. The number of rotatable bonds is 3. The van der Waals surface area contributed by atoms with Gasteiger partial charge in [0.2, 0.25) is 0 Å². The molecule has 1 aromatic carbocycles. The van der Waals surface area contributed by atoms with Gasteiger partial charge in [-0.1, -0.05) is 24.3 Å². The smallest absolute Gasteiger partial charge is 0.0945 e. The molecule has 122 valence electrons. The van der Waals surface area contributed by atoms with Gasteiger partial charge in [0.25, 0.3) is 0 Å². The van der Waals surface area contributed by atoms with E-state index < -0.39 is 0 Å². The normalized spacial score (nSPS) is 28.4. The van der Waals surface area contributed by atoms with Crippen LogP contribution < -0.4 is 0 Å². The molecule has 3 heterocycles. The minimum absolute atomic E-state index is 0.567. The average molecular weight is 310 g/mol. The fraction of sp³-hybridized carbons (Fsp3) is 0.526. The molecule has 0 N–H and O–H groups in total. The van der Waals surface area contributed by atoms with Gasteiger partial charge in [-0.3, -0.25) is 9.80 Å². The van der Waals surface area contributed by atoms with E-state index in [0.717, 1.165) is 18.4 Å². The SMILES string of the molecule is Cc1ccccc1[C@@H]1[C@@H]2CN(Cc3cncn3C)C[C@@H]2CN1C. The summed E-state index contributed by atoms with van der Waals surface area (Å²) < 4.78 is 2.14. The lowest BCUT2D eigenvalue weighted by Gasteiger charge is -2.28. The molecule has 23 heavy (non-hydrogen) atoms. The van der Waals surface area contributed by atoms with Crippen LogP contribution >= 0.6 is 0 Å². The van der Waals surface area contributed by atoms with Gasteiger partial charge in [-0.15, -0.1) is 0 Å². The number of imidazole rings is 1. The summed E-state index contributed by atoms with van der Waals surface area (Å²) in [6.07, 6.45) is 3.90. The van der Waals surface area contributed by atoms with Gasteiger partial charge in [0.1, 0.15) is 0 Å². The van der Waals surface area contributed by atoms with Crippen molar-refractivity contribution in [1.82, 2.24) is 19.4 Å². The number of aryl methyl sites for hydroxylation is 2. The number of aromatic nitrogens is 2. The van der Waals surface area contributed by atoms with Crippen molar-refractivity contribution < 1.29 is 0 Å². The number of likely N-dealkylation sites (tertiary alicyclic amines) is 2. The summed E-state index contributed by atoms with van der Waals surface area (Å²) in [5.74, 6) is 1.53. The third-order valence-electron chi connectivity index (χ3n) is 5.78. The number of hydrogen-bond donors (Lipinski definition) is 0. The molecular weight excluding hydrogens is 284 g/mol. The molecule has 1 aromatic heterocycles. The second-order valence-electron chi connectivity index (χ2n) is 7.35. The molecule has 0 radical (unpaired) electrons. The largest absolute Gasteiger partial charge is 0.337 e. The fourth-order valence-corrected chi connectivity index (χ4v) is 4.63. The van der Waals surface area contributed by atoms with Crippen molar-refractivity contribution in [2.45, 2.75) is 19.5 Å². The molecule has 0 spiro atoms. The van der Waals surface area contributed by atoms with Crippen LogP contribution in [0.1, 0.15) is 22.9 Å². The predicted molar refractivity (Wildman–Crippen MR) is 92.0 cm³/mol. The van der Waals surface area contributed by atoms with E-state index in [1.807, 2.05) is 12.5 Å². The van der Waals surface area contributed by atoms with Crippen LogP contribution in [0, 0.1) is 18.8 Å². The lowest BCUT2D eigenvalue weighted by molar-refractivity contribution is 0.222. The van der Waals surface area contributed by atoms with Gasteiger partial charge in [-0.25, -0.2) is 4.98 Å². The Labute approximate surface area is 138 Å². The maximum atomic E-state index is 4.25. The van der Waals surface area contributed by atoms with Crippen molar-refractivity contribution in [2.24, 2.45) is 18.9 Å². The summed E-state index contributed by atoms with van der Waals surface area (Å²) in [6.45, 7) is 6.89. The summed E-state index contributed by atoms with van der Waals surface area (Å²) in [7, 11) is 4.38. The van der Waals surface area contributed by atoms with Crippen molar-refractivity contribution in [2.75, 3.05) is 26.7 Å². The molecule has 0 aliphatic carbocycles. The van der Waals surface area contributed by atoms with Crippen molar-refractivity contribution in [3.63, 3.8) is 0 Å². The molecule has 2 fully saturated rings. The fourth-order valence-electron chi connectivity index (χ4n) is 4.63. The van der Waals surface area contributed by atoms with Crippen LogP contribution in [0.4, 0.5) is 0 Å². The van der Waals surface area contributed by atoms with E-state index in [0.29, 0.717) is 6.04 Å². The minimum atomic E-state index is 0.567. The Hall–Kier alpha value is -1.65. The molecule has 4 rings (SSSR count). The first-order chi connectivity index (χ1) is 11.1. The number of hydrogen-bond acceptors (Lipinski definition) is 3. The summed E-state index contributed by atoms with van der Waals surface area (Å²) in [5.41, 5.74) is 4.26. The lowest BCUT2D eigenvalue weighted by Crippen LogP contribution is -2.29. The van der Waals surface area contributed by atoms with Gasteiger partial charge in [0.05, 0.1) is 12.0 Å². The van der Waals surface area contributed by atoms with Crippen molar-refractivity contribution in [3.05, 3.63) is 53.6 Å². The van der Waals surface area contributed by atoms with Crippen LogP contribution in [-0.4, -0.2) is 46.0 Å². The zero-order valence-corrected chi connectivity index (χ0v) is 14.3. The molecule has 4 heteroatoms. The van der Waals surface area contributed by atoms with E-state index in [1.54, 1.807) is 0 Å². The molecule has 3 atom stereocenters. The second-order valence-corrected chi connectivity index (χ2v) is 7.35. The van der Waals surface area contributed by atoms with Gasteiger partial charge in [0.15, 0.2) is 0 Å². The Morgan fingerprint density at radius 2 is 1.96 bits per heavy atom. The Morgan fingerprint density at radius 3 is 2.70 bits per heavy atom. The Kier molecular flexibility index (Phi) is 3.74. The topological polar surface area (TPSA) is 24.3 Å². The van der Waals surface area contributed by atoms with Crippen LogP contribution in [0.5, 0.6) is 0 Å². The standard InChI is InChI=1S/C19H26N4/c1-14-6-4-5-7-17(14)19-18-12-23(10-15(18)9-21(19)2)11-16-8-20-13-22(16)3/h4-8,13,15,18-19H,9-12H2,1-3H3/t15-,18+,19+/m0/s1. The molecule has 0 unspecified atom stereocenters. The third-order valence-corrected chi connectivity index (χ3v) is 5.78.